The summed E-state index contributed by atoms with van der Waals surface area (Å²) in [5, 5.41) is 8.86. The van der Waals surface area contributed by atoms with Crippen molar-refractivity contribution in [3.8, 4) is 0 Å². The molecule has 94 valence electrons. The van der Waals surface area contributed by atoms with Crippen molar-refractivity contribution < 1.29 is 19.4 Å². The van der Waals surface area contributed by atoms with E-state index in [0.29, 0.717) is 17.9 Å². The van der Waals surface area contributed by atoms with E-state index in [1.807, 2.05) is 0 Å². The summed E-state index contributed by atoms with van der Waals surface area (Å²) in [7, 11) is 0. The minimum atomic E-state index is -1.00. The first-order chi connectivity index (χ1) is 8.60. The zero-order valence-corrected chi connectivity index (χ0v) is 9.79. The third kappa shape index (κ3) is 2.48. The minimum absolute atomic E-state index is 0.0813. The number of ether oxygens (including phenoxy) is 1. The molecule has 2 aromatic heterocycles. The van der Waals surface area contributed by atoms with Crippen molar-refractivity contribution in [2.24, 2.45) is 0 Å². The lowest BCUT2D eigenvalue weighted by Crippen LogP contribution is -2.07. The van der Waals surface area contributed by atoms with Gasteiger partial charge in [-0.3, -0.25) is 4.79 Å². The minimum Gasteiger partial charge on any atom is -0.478 e. The number of nitrogens with zero attached hydrogens (tertiary/aromatic N) is 2. The van der Waals surface area contributed by atoms with Gasteiger partial charge in [0, 0.05) is 12.4 Å². The number of carboxylic acid groups (broad SMARTS) is 1. The molecule has 6 nitrogen and oxygen atoms in total. The van der Waals surface area contributed by atoms with Crippen LogP contribution < -0.4 is 0 Å². The molecule has 2 aromatic rings. The second-order valence-corrected chi connectivity index (χ2v) is 3.70. The predicted molar refractivity (Wildman–Crippen MR) is 62.5 cm³/mol. The number of aromatic nitrogens is 2. The summed E-state index contributed by atoms with van der Waals surface area (Å²) in [6.45, 7) is 2.07. The normalized spacial score (nSPS) is 10.5. The Morgan fingerprint density at radius 3 is 2.83 bits per heavy atom. The number of carboxylic acids is 1. The fraction of sp³-hybridized carbons (Fsp3) is 0.250. The van der Waals surface area contributed by atoms with E-state index in [9.17, 15) is 9.59 Å². The number of aromatic carboxylic acids is 1. The molecule has 2 heterocycles. The highest BCUT2D eigenvalue weighted by Gasteiger charge is 2.10. The highest BCUT2D eigenvalue weighted by molar-refractivity contribution is 5.87. The van der Waals surface area contributed by atoms with E-state index in [-0.39, 0.29) is 18.0 Å². The molecule has 0 atom stereocenters. The monoisotopic (exact) mass is 248 g/mol. The average molecular weight is 248 g/mol. The van der Waals surface area contributed by atoms with Crippen molar-refractivity contribution in [1.82, 2.24) is 9.38 Å². The van der Waals surface area contributed by atoms with Crippen LogP contribution in [0.4, 0.5) is 0 Å². The number of fused-ring (bicyclic) bond motifs is 1. The van der Waals surface area contributed by atoms with Crippen LogP contribution in [0.5, 0.6) is 0 Å². The first kappa shape index (κ1) is 12.1. The Balaban J connectivity index is 2.27. The van der Waals surface area contributed by atoms with Crippen LogP contribution in [0.25, 0.3) is 5.65 Å². The second-order valence-electron chi connectivity index (χ2n) is 3.70. The van der Waals surface area contributed by atoms with Crippen LogP contribution in [0.3, 0.4) is 0 Å². The molecule has 6 heteroatoms. The van der Waals surface area contributed by atoms with Gasteiger partial charge >= 0.3 is 11.9 Å². The average Bonchev–Trinajstić information content (AvgIpc) is 2.69. The van der Waals surface area contributed by atoms with Gasteiger partial charge in [0.25, 0.3) is 0 Å². The predicted octanol–water partition coefficient (Wildman–Crippen LogP) is 1.14. The van der Waals surface area contributed by atoms with Crippen molar-refractivity contribution >= 4 is 17.6 Å². The summed E-state index contributed by atoms with van der Waals surface area (Å²) in [6, 6.07) is 3.07. The SMILES string of the molecule is CCOC(=O)Cc1cn2cc(C(=O)O)ccc2n1. The van der Waals surface area contributed by atoms with Gasteiger partial charge in [-0.1, -0.05) is 0 Å². The second kappa shape index (κ2) is 4.87. The van der Waals surface area contributed by atoms with E-state index in [1.165, 1.54) is 12.3 Å². The van der Waals surface area contributed by atoms with E-state index in [0.717, 1.165) is 0 Å². The van der Waals surface area contributed by atoms with Gasteiger partial charge in [0.2, 0.25) is 0 Å². The molecule has 0 aliphatic carbocycles. The van der Waals surface area contributed by atoms with E-state index in [4.69, 9.17) is 9.84 Å². The maximum absolute atomic E-state index is 11.3. The summed E-state index contributed by atoms with van der Waals surface area (Å²) < 4.78 is 6.40. The topological polar surface area (TPSA) is 80.9 Å². The Hall–Kier alpha value is -2.37. The molecular weight excluding hydrogens is 236 g/mol. The Kier molecular flexibility index (Phi) is 3.27. The van der Waals surface area contributed by atoms with Gasteiger partial charge in [-0.2, -0.15) is 0 Å². The van der Waals surface area contributed by atoms with Crippen LogP contribution in [0.1, 0.15) is 23.0 Å². The van der Waals surface area contributed by atoms with Crippen LogP contribution in [0.15, 0.2) is 24.5 Å². The summed E-state index contributed by atoms with van der Waals surface area (Å²) in [4.78, 5) is 26.3. The molecule has 0 unspecified atom stereocenters. The molecule has 0 radical (unpaired) electrons. The number of hydrogen-bond donors (Lipinski definition) is 1. The Bertz CT molecular complexity index is 603. The van der Waals surface area contributed by atoms with Crippen molar-refractivity contribution in [2.45, 2.75) is 13.3 Å². The smallest absolute Gasteiger partial charge is 0.337 e. The number of esters is 1. The van der Waals surface area contributed by atoms with Crippen molar-refractivity contribution in [2.75, 3.05) is 6.61 Å². The highest BCUT2D eigenvalue weighted by Crippen LogP contribution is 2.09. The molecule has 0 amide bonds. The Labute approximate surface area is 103 Å². The largest absolute Gasteiger partial charge is 0.478 e. The third-order valence-corrected chi connectivity index (χ3v) is 2.38. The van der Waals surface area contributed by atoms with Gasteiger partial charge in [0.1, 0.15) is 5.65 Å². The Morgan fingerprint density at radius 1 is 1.39 bits per heavy atom. The molecule has 0 spiro atoms. The zero-order valence-electron chi connectivity index (χ0n) is 9.79. The maximum atomic E-state index is 11.3. The summed E-state index contributed by atoms with van der Waals surface area (Å²) >= 11 is 0. The lowest BCUT2D eigenvalue weighted by atomic mass is 10.3. The molecule has 1 N–H and O–H groups in total. The van der Waals surface area contributed by atoms with Gasteiger partial charge in [-0.25, -0.2) is 9.78 Å². The molecule has 0 saturated heterocycles. The van der Waals surface area contributed by atoms with Crippen LogP contribution in [0.2, 0.25) is 0 Å². The molecule has 0 bridgehead atoms. The molecule has 0 fully saturated rings. The van der Waals surface area contributed by atoms with E-state index >= 15 is 0 Å². The summed E-state index contributed by atoms with van der Waals surface area (Å²) in [5.74, 6) is -1.35. The van der Waals surface area contributed by atoms with Crippen LogP contribution >= 0.6 is 0 Å². The fourth-order valence-corrected chi connectivity index (χ4v) is 1.62. The van der Waals surface area contributed by atoms with Gasteiger partial charge in [0.15, 0.2) is 0 Å². The van der Waals surface area contributed by atoms with Gasteiger partial charge < -0.3 is 14.2 Å². The molecule has 0 aliphatic rings. The van der Waals surface area contributed by atoms with Gasteiger partial charge in [-0.15, -0.1) is 0 Å². The number of imidazole rings is 1. The number of rotatable bonds is 4. The number of carbonyl (C=O) groups is 2. The number of pyridine rings is 1. The molecular formula is C12H12N2O4. The molecule has 0 aliphatic heterocycles. The highest BCUT2D eigenvalue weighted by atomic mass is 16.5. The number of carbonyl (C=O) groups excluding carboxylic acids is 1. The third-order valence-electron chi connectivity index (χ3n) is 2.38. The lowest BCUT2D eigenvalue weighted by molar-refractivity contribution is -0.142. The van der Waals surface area contributed by atoms with Crippen LogP contribution in [-0.2, 0) is 16.0 Å². The molecule has 0 saturated carbocycles. The standard InChI is InChI=1S/C12H12N2O4/c1-2-18-11(15)5-9-7-14-6-8(12(16)17)3-4-10(14)13-9/h3-4,6-7H,2,5H2,1H3,(H,16,17). The van der Waals surface area contributed by atoms with E-state index in [1.54, 1.807) is 23.6 Å². The lowest BCUT2D eigenvalue weighted by Gasteiger charge is -1.97. The number of hydrogen-bond acceptors (Lipinski definition) is 4. The Morgan fingerprint density at radius 2 is 2.17 bits per heavy atom. The maximum Gasteiger partial charge on any atom is 0.337 e. The van der Waals surface area contributed by atoms with Crippen LogP contribution in [0, 0.1) is 0 Å². The first-order valence-corrected chi connectivity index (χ1v) is 5.46. The quantitative estimate of drug-likeness (QED) is 0.820. The fourth-order valence-electron chi connectivity index (χ4n) is 1.62. The first-order valence-electron chi connectivity index (χ1n) is 5.46. The molecule has 18 heavy (non-hydrogen) atoms. The van der Waals surface area contributed by atoms with Crippen molar-refractivity contribution in [1.29, 1.82) is 0 Å². The van der Waals surface area contributed by atoms with Gasteiger partial charge in [-0.05, 0) is 19.1 Å². The van der Waals surface area contributed by atoms with Gasteiger partial charge in [0.05, 0.1) is 24.3 Å². The van der Waals surface area contributed by atoms with E-state index in [2.05, 4.69) is 4.98 Å². The molecule has 2 rings (SSSR count). The van der Waals surface area contributed by atoms with Crippen molar-refractivity contribution in [3.63, 3.8) is 0 Å². The summed E-state index contributed by atoms with van der Waals surface area (Å²) in [6.07, 6.45) is 3.16. The molecule has 0 aromatic carbocycles. The van der Waals surface area contributed by atoms with Crippen molar-refractivity contribution in [3.05, 3.63) is 35.8 Å². The van der Waals surface area contributed by atoms with Crippen LogP contribution in [-0.4, -0.2) is 33.0 Å². The van der Waals surface area contributed by atoms with E-state index < -0.39 is 5.97 Å². The zero-order chi connectivity index (χ0) is 13.1. The summed E-state index contributed by atoms with van der Waals surface area (Å²) in [5.41, 5.74) is 1.32.